The lowest BCUT2D eigenvalue weighted by Crippen LogP contribution is -2.17. The quantitative estimate of drug-likeness (QED) is 0.657. The second kappa shape index (κ2) is 7.66. The Labute approximate surface area is 165 Å². The fourth-order valence-electron chi connectivity index (χ4n) is 2.51. The van der Waals surface area contributed by atoms with Crippen molar-refractivity contribution < 1.29 is 13.2 Å². The van der Waals surface area contributed by atoms with E-state index in [0.717, 1.165) is 11.3 Å². The summed E-state index contributed by atoms with van der Waals surface area (Å²) in [5, 5.41) is 5.67. The zero-order valence-corrected chi connectivity index (χ0v) is 16.3. The fourth-order valence-corrected chi connectivity index (χ4v) is 4.41. The highest BCUT2D eigenvalue weighted by Gasteiger charge is 2.13. The molecule has 3 rings (SSSR count). The Morgan fingerprint density at radius 3 is 2.70 bits per heavy atom. The van der Waals surface area contributed by atoms with Crippen molar-refractivity contribution in [3.05, 3.63) is 57.9 Å². The summed E-state index contributed by atoms with van der Waals surface area (Å²) in [7, 11) is -3.83. The molecule has 0 bridgehead atoms. The van der Waals surface area contributed by atoms with Crippen LogP contribution in [0.25, 0.3) is 10.2 Å². The predicted molar refractivity (Wildman–Crippen MR) is 106 cm³/mol. The lowest BCUT2D eigenvalue weighted by atomic mass is 10.1. The van der Waals surface area contributed by atoms with Gasteiger partial charge in [-0.1, -0.05) is 47.1 Å². The second-order valence-corrected chi connectivity index (χ2v) is 8.60. The average molecular weight is 420 g/mol. The van der Waals surface area contributed by atoms with Gasteiger partial charge in [0, 0.05) is 5.02 Å². The normalized spacial score (nSPS) is 12.3. The third kappa shape index (κ3) is 4.28. The first-order chi connectivity index (χ1) is 12.8. The van der Waals surface area contributed by atoms with E-state index >= 15 is 0 Å². The molecule has 1 aromatic heterocycles. The van der Waals surface area contributed by atoms with Gasteiger partial charge in [-0.3, -0.25) is 4.79 Å². The zero-order chi connectivity index (χ0) is 19.6. The summed E-state index contributed by atoms with van der Waals surface area (Å²) in [5.74, 6) is 2.13. The van der Waals surface area contributed by atoms with Crippen molar-refractivity contribution in [2.75, 3.05) is 0 Å². The molecular weight excluding hydrogens is 406 g/mol. The van der Waals surface area contributed by atoms with Gasteiger partial charge in [-0.15, -0.1) is 6.42 Å². The van der Waals surface area contributed by atoms with Gasteiger partial charge >= 0.3 is 0 Å². The van der Waals surface area contributed by atoms with E-state index in [1.807, 2.05) is 0 Å². The van der Waals surface area contributed by atoms with E-state index in [4.69, 9.17) is 23.2 Å². The van der Waals surface area contributed by atoms with Gasteiger partial charge in [0.15, 0.2) is 4.80 Å². The van der Waals surface area contributed by atoms with Gasteiger partial charge in [0.05, 0.1) is 28.1 Å². The highest BCUT2D eigenvalue weighted by atomic mass is 35.5. The van der Waals surface area contributed by atoms with Gasteiger partial charge in [0.2, 0.25) is 10.0 Å². The minimum absolute atomic E-state index is 0.0157. The standard InChI is InChI=1S/C18H14ClN3O3S2/c1-2-9-22-15-8-7-13(27(20,24)25)11-16(15)26-18(22)21-17(23)10-12-5-3-4-6-14(12)19/h1,3-8,11H,9-10H2,(H2,20,24,25). The van der Waals surface area contributed by atoms with Crippen molar-refractivity contribution in [1.29, 1.82) is 0 Å². The Bertz CT molecular complexity index is 1250. The van der Waals surface area contributed by atoms with Gasteiger partial charge in [-0.05, 0) is 29.8 Å². The molecular formula is C18H14ClN3O3S2. The van der Waals surface area contributed by atoms with E-state index in [0.29, 0.717) is 25.6 Å². The molecule has 1 heterocycles. The predicted octanol–water partition coefficient (Wildman–Crippen LogP) is 2.31. The number of halogens is 1. The summed E-state index contributed by atoms with van der Waals surface area (Å²) in [4.78, 5) is 16.9. The van der Waals surface area contributed by atoms with Gasteiger partial charge < -0.3 is 4.57 Å². The number of hydrogen-bond donors (Lipinski definition) is 1. The first-order valence-electron chi connectivity index (χ1n) is 7.70. The van der Waals surface area contributed by atoms with Crippen LogP contribution < -0.4 is 9.94 Å². The van der Waals surface area contributed by atoms with Crippen LogP contribution >= 0.6 is 22.9 Å². The molecule has 6 nitrogen and oxygen atoms in total. The number of nitrogens with two attached hydrogens (primary N) is 1. The number of sulfonamides is 1. The summed E-state index contributed by atoms with van der Waals surface area (Å²) < 4.78 is 25.4. The fraction of sp³-hybridized carbons (Fsp3) is 0.111. The molecule has 1 amide bonds. The van der Waals surface area contributed by atoms with Crippen molar-refractivity contribution in [3.63, 3.8) is 0 Å². The van der Waals surface area contributed by atoms with E-state index in [1.165, 1.54) is 12.1 Å². The minimum Gasteiger partial charge on any atom is -0.305 e. The second-order valence-electron chi connectivity index (χ2n) is 5.62. The molecule has 0 atom stereocenters. The Hall–Kier alpha value is -2.44. The highest BCUT2D eigenvalue weighted by molar-refractivity contribution is 7.89. The number of carbonyl (C=O) groups is 1. The topological polar surface area (TPSA) is 94.5 Å². The van der Waals surface area contributed by atoms with Crippen LogP contribution in [0.3, 0.4) is 0 Å². The van der Waals surface area contributed by atoms with Crippen LogP contribution in [0, 0.1) is 12.3 Å². The van der Waals surface area contributed by atoms with Crippen molar-refractivity contribution >= 4 is 49.1 Å². The highest BCUT2D eigenvalue weighted by Crippen LogP contribution is 2.21. The monoisotopic (exact) mass is 419 g/mol. The number of hydrogen-bond acceptors (Lipinski definition) is 4. The molecule has 0 saturated heterocycles. The lowest BCUT2D eigenvalue weighted by molar-refractivity contribution is -0.117. The number of benzene rings is 2. The first kappa shape index (κ1) is 19.3. The van der Waals surface area contributed by atoms with E-state index in [1.54, 1.807) is 34.9 Å². The van der Waals surface area contributed by atoms with Crippen LogP contribution in [0.4, 0.5) is 0 Å². The molecule has 3 aromatic rings. The molecule has 0 aliphatic rings. The summed E-state index contributed by atoms with van der Waals surface area (Å²) in [6.07, 6.45) is 5.47. The largest absolute Gasteiger partial charge is 0.305 e. The minimum atomic E-state index is -3.83. The molecule has 9 heteroatoms. The number of primary sulfonamides is 1. The van der Waals surface area contributed by atoms with Crippen LogP contribution in [0.1, 0.15) is 5.56 Å². The number of terminal acetylenes is 1. The molecule has 2 aromatic carbocycles. The summed E-state index contributed by atoms with van der Waals surface area (Å²) in [6, 6.07) is 11.5. The lowest BCUT2D eigenvalue weighted by Gasteiger charge is -2.02. The van der Waals surface area contributed by atoms with Crippen molar-refractivity contribution in [3.8, 4) is 12.3 Å². The average Bonchev–Trinajstić information content (AvgIpc) is 2.93. The number of carbonyl (C=O) groups excluding carboxylic acids is 1. The van der Waals surface area contributed by atoms with Crippen LogP contribution in [0.15, 0.2) is 52.4 Å². The van der Waals surface area contributed by atoms with Crippen molar-refractivity contribution in [1.82, 2.24) is 4.57 Å². The Balaban J connectivity index is 2.08. The number of thiazole rings is 1. The number of fused-ring (bicyclic) bond motifs is 1. The van der Waals surface area contributed by atoms with E-state index in [9.17, 15) is 13.2 Å². The van der Waals surface area contributed by atoms with Crippen molar-refractivity contribution in [2.24, 2.45) is 10.1 Å². The molecule has 0 saturated carbocycles. The molecule has 0 radical (unpaired) electrons. The molecule has 0 aliphatic carbocycles. The third-order valence-corrected chi connectivity index (χ3v) is 6.07. The maximum Gasteiger partial charge on any atom is 0.252 e. The summed E-state index contributed by atoms with van der Waals surface area (Å²) in [5.41, 5.74) is 1.35. The van der Waals surface area contributed by atoms with Crippen LogP contribution in [0.2, 0.25) is 5.02 Å². The van der Waals surface area contributed by atoms with E-state index < -0.39 is 10.0 Å². The Kier molecular flexibility index (Phi) is 5.48. The number of rotatable bonds is 4. The molecule has 0 aliphatic heterocycles. The van der Waals surface area contributed by atoms with Gasteiger partial charge in [0.1, 0.15) is 0 Å². The first-order valence-corrected chi connectivity index (χ1v) is 10.4. The maximum absolute atomic E-state index is 12.4. The van der Waals surface area contributed by atoms with Gasteiger partial charge in [0.25, 0.3) is 5.91 Å². The van der Waals surface area contributed by atoms with E-state index in [2.05, 4.69) is 10.9 Å². The molecule has 0 fully saturated rings. The molecule has 0 unspecified atom stereocenters. The zero-order valence-electron chi connectivity index (χ0n) is 13.9. The van der Waals surface area contributed by atoms with Crippen LogP contribution in [-0.4, -0.2) is 18.9 Å². The van der Waals surface area contributed by atoms with Gasteiger partial charge in [-0.25, -0.2) is 13.6 Å². The number of nitrogens with zero attached hydrogens (tertiary/aromatic N) is 2. The maximum atomic E-state index is 12.4. The smallest absolute Gasteiger partial charge is 0.252 e. The van der Waals surface area contributed by atoms with E-state index in [-0.39, 0.29) is 23.8 Å². The van der Waals surface area contributed by atoms with Crippen LogP contribution in [0.5, 0.6) is 0 Å². The molecule has 27 heavy (non-hydrogen) atoms. The molecule has 2 N–H and O–H groups in total. The molecule has 0 spiro atoms. The third-order valence-electron chi connectivity index (χ3n) is 3.75. The number of aromatic nitrogens is 1. The Morgan fingerprint density at radius 1 is 1.30 bits per heavy atom. The van der Waals surface area contributed by atoms with Crippen LogP contribution in [-0.2, 0) is 27.8 Å². The molecule has 138 valence electrons. The van der Waals surface area contributed by atoms with Crippen molar-refractivity contribution in [2.45, 2.75) is 17.9 Å². The SMILES string of the molecule is C#CCn1c(=NC(=O)Cc2ccccc2Cl)sc2cc(S(N)(=O)=O)ccc21. The summed E-state index contributed by atoms with van der Waals surface area (Å²) in [6.45, 7) is 0.187. The number of amides is 1. The Morgan fingerprint density at radius 2 is 2.04 bits per heavy atom. The van der Waals surface area contributed by atoms with Gasteiger partial charge in [-0.2, -0.15) is 4.99 Å². The summed E-state index contributed by atoms with van der Waals surface area (Å²) >= 11 is 7.25.